The second-order valence-electron chi connectivity index (χ2n) is 11.5. The molecule has 3 aliphatic rings. The molecule has 2 aliphatic carbocycles. The van der Waals surface area contributed by atoms with Gasteiger partial charge in [0.2, 0.25) is 0 Å². The van der Waals surface area contributed by atoms with Crippen molar-refractivity contribution in [1.29, 1.82) is 0 Å². The van der Waals surface area contributed by atoms with Crippen molar-refractivity contribution in [3.63, 3.8) is 0 Å². The lowest BCUT2D eigenvalue weighted by Gasteiger charge is -2.37. The average molecular weight is 518 g/mol. The second-order valence-corrected chi connectivity index (χ2v) is 12.2. The Labute approximate surface area is 207 Å². The van der Waals surface area contributed by atoms with Crippen LogP contribution in [-0.2, 0) is 23.1 Å². The smallest absolute Gasteiger partial charge is 0.132 e. The molecule has 5 rings (SSSR count). The van der Waals surface area contributed by atoms with E-state index in [4.69, 9.17) is 14.9 Å². The van der Waals surface area contributed by atoms with Crippen LogP contribution >= 0.6 is 15.9 Å². The maximum atomic E-state index is 5.71. The molecule has 2 saturated carbocycles. The Morgan fingerprint density at radius 3 is 2.42 bits per heavy atom. The van der Waals surface area contributed by atoms with Crippen LogP contribution in [0.15, 0.2) is 17.0 Å². The number of nitrogens with zero attached hydrogens (tertiary/aromatic N) is 4. The molecule has 5 nitrogen and oxygen atoms in total. The molecule has 0 radical (unpaired) electrons. The molecule has 1 aliphatic heterocycles. The Hall–Kier alpha value is -1.14. The van der Waals surface area contributed by atoms with E-state index in [0.717, 1.165) is 42.3 Å². The highest BCUT2D eigenvalue weighted by Crippen LogP contribution is 2.54. The summed E-state index contributed by atoms with van der Waals surface area (Å²) in [7, 11) is 0. The molecule has 0 bridgehead atoms. The fourth-order valence-corrected chi connectivity index (χ4v) is 7.57. The third-order valence-corrected chi connectivity index (χ3v) is 9.63. The van der Waals surface area contributed by atoms with Crippen molar-refractivity contribution in [2.24, 2.45) is 11.3 Å². The van der Waals surface area contributed by atoms with E-state index in [1.54, 1.807) is 0 Å². The van der Waals surface area contributed by atoms with Crippen LogP contribution < -0.4 is 0 Å². The summed E-state index contributed by atoms with van der Waals surface area (Å²) in [6, 6.07) is 0. The van der Waals surface area contributed by atoms with Gasteiger partial charge >= 0.3 is 0 Å². The normalized spacial score (nSPS) is 30.2. The van der Waals surface area contributed by atoms with Crippen molar-refractivity contribution in [3.05, 3.63) is 28.3 Å². The number of hydrogen-bond donors (Lipinski definition) is 0. The standard InChI is InChI=1S/C27H41BrN4O/c1-26(21-10-8-6-4-3-5-7-9-11-21)14-15-27(2,20-26)31-19-22(18-29-31)32-24-13-17-33-16-12-23(24)25(28)30-32/h18-19,21H,3-17,20H2,1-2H3. The van der Waals surface area contributed by atoms with Gasteiger partial charge < -0.3 is 4.74 Å². The monoisotopic (exact) mass is 516 g/mol. The largest absolute Gasteiger partial charge is 0.381 e. The summed E-state index contributed by atoms with van der Waals surface area (Å²) in [5, 5.41) is 9.74. The van der Waals surface area contributed by atoms with Gasteiger partial charge in [-0.15, -0.1) is 0 Å². The number of ether oxygens (including phenoxy) is 1. The summed E-state index contributed by atoms with van der Waals surface area (Å²) in [6.07, 6.45) is 22.7. The van der Waals surface area contributed by atoms with Crippen molar-refractivity contribution < 1.29 is 4.74 Å². The van der Waals surface area contributed by atoms with Gasteiger partial charge in [-0.25, -0.2) is 4.68 Å². The van der Waals surface area contributed by atoms with Gasteiger partial charge in [-0.2, -0.15) is 10.2 Å². The van der Waals surface area contributed by atoms with Crippen molar-refractivity contribution in [2.45, 2.75) is 109 Å². The minimum absolute atomic E-state index is 0.0900. The lowest BCUT2D eigenvalue weighted by Crippen LogP contribution is -2.32. The van der Waals surface area contributed by atoms with Crippen molar-refractivity contribution >= 4 is 15.9 Å². The fraction of sp³-hybridized carbons (Fsp3) is 0.778. The van der Waals surface area contributed by atoms with Crippen LogP contribution in [0.5, 0.6) is 0 Å². The fourth-order valence-electron chi connectivity index (χ4n) is 6.99. The number of hydrogen-bond acceptors (Lipinski definition) is 3. The molecule has 2 unspecified atom stereocenters. The van der Waals surface area contributed by atoms with Gasteiger partial charge in [0.05, 0.1) is 36.8 Å². The predicted octanol–water partition coefficient (Wildman–Crippen LogP) is 6.99. The van der Waals surface area contributed by atoms with Gasteiger partial charge in [-0.3, -0.25) is 4.68 Å². The number of halogens is 1. The molecule has 0 amide bonds. The van der Waals surface area contributed by atoms with Gasteiger partial charge in [0.25, 0.3) is 0 Å². The van der Waals surface area contributed by atoms with Gasteiger partial charge in [0, 0.05) is 18.4 Å². The third-order valence-electron chi connectivity index (χ3n) is 9.00. The van der Waals surface area contributed by atoms with Crippen LogP contribution in [0.3, 0.4) is 0 Å². The highest BCUT2D eigenvalue weighted by atomic mass is 79.9. The highest BCUT2D eigenvalue weighted by Gasteiger charge is 2.47. The van der Waals surface area contributed by atoms with Crippen LogP contribution in [0.2, 0.25) is 0 Å². The van der Waals surface area contributed by atoms with Crippen molar-refractivity contribution in [1.82, 2.24) is 19.6 Å². The SMILES string of the molecule is CC1(C2CCCCCCCCC2)CCC(C)(n2cc(-n3nc(Br)c4c3CCOCC4)cn2)C1. The number of aromatic nitrogens is 4. The van der Waals surface area contributed by atoms with Crippen LogP contribution in [0.4, 0.5) is 0 Å². The molecular weight excluding hydrogens is 476 g/mol. The van der Waals surface area contributed by atoms with Crippen LogP contribution in [0.1, 0.15) is 102 Å². The molecule has 2 fully saturated rings. The first-order chi connectivity index (χ1) is 16.0. The highest BCUT2D eigenvalue weighted by molar-refractivity contribution is 9.10. The Morgan fingerprint density at radius 1 is 0.970 bits per heavy atom. The minimum Gasteiger partial charge on any atom is -0.381 e. The molecule has 2 aromatic heterocycles. The van der Waals surface area contributed by atoms with Gasteiger partial charge in [-0.05, 0) is 66.3 Å². The first-order valence-electron chi connectivity index (χ1n) is 13.4. The Morgan fingerprint density at radius 2 is 1.67 bits per heavy atom. The zero-order chi connectivity index (χ0) is 22.9. The summed E-state index contributed by atoms with van der Waals surface area (Å²) >= 11 is 3.69. The molecule has 0 saturated heterocycles. The van der Waals surface area contributed by atoms with E-state index in [2.05, 4.69) is 45.3 Å². The molecule has 2 aromatic rings. The molecule has 2 atom stereocenters. The summed E-state index contributed by atoms with van der Waals surface area (Å²) < 4.78 is 11.0. The molecular formula is C27H41BrN4O. The first kappa shape index (κ1) is 23.6. The molecule has 182 valence electrons. The second kappa shape index (κ2) is 9.85. The zero-order valence-electron chi connectivity index (χ0n) is 20.6. The van der Waals surface area contributed by atoms with Gasteiger partial charge in [0.15, 0.2) is 0 Å². The average Bonchev–Trinajstić information content (AvgIpc) is 3.44. The molecule has 0 spiro atoms. The molecule has 33 heavy (non-hydrogen) atoms. The number of fused-ring (bicyclic) bond motifs is 1. The Kier molecular flexibility index (Phi) is 7.04. The zero-order valence-corrected chi connectivity index (χ0v) is 22.2. The lowest BCUT2D eigenvalue weighted by molar-refractivity contribution is 0.136. The topological polar surface area (TPSA) is 44.9 Å². The molecule has 3 heterocycles. The summed E-state index contributed by atoms with van der Waals surface area (Å²) in [4.78, 5) is 0. The van der Waals surface area contributed by atoms with E-state index in [9.17, 15) is 0 Å². The van der Waals surface area contributed by atoms with E-state index in [1.807, 2.05) is 6.20 Å². The van der Waals surface area contributed by atoms with E-state index < -0.39 is 0 Å². The van der Waals surface area contributed by atoms with Crippen LogP contribution in [-0.4, -0.2) is 32.8 Å². The quantitative estimate of drug-likeness (QED) is 0.441. The Balaban J connectivity index is 1.35. The predicted molar refractivity (Wildman–Crippen MR) is 136 cm³/mol. The molecule has 6 heteroatoms. The Bertz CT molecular complexity index is 942. The van der Waals surface area contributed by atoms with Crippen LogP contribution in [0.25, 0.3) is 5.69 Å². The maximum absolute atomic E-state index is 5.71. The first-order valence-corrected chi connectivity index (χ1v) is 14.2. The van der Waals surface area contributed by atoms with Crippen molar-refractivity contribution in [3.8, 4) is 5.69 Å². The lowest BCUT2D eigenvalue weighted by atomic mass is 9.70. The van der Waals surface area contributed by atoms with E-state index in [1.165, 1.54) is 88.3 Å². The molecule has 0 N–H and O–H groups in total. The summed E-state index contributed by atoms with van der Waals surface area (Å²) in [5.74, 6) is 0.866. The van der Waals surface area contributed by atoms with Gasteiger partial charge in [0.1, 0.15) is 10.3 Å². The maximum Gasteiger partial charge on any atom is 0.132 e. The summed E-state index contributed by atoms with van der Waals surface area (Å²) in [6.45, 7) is 6.55. The van der Waals surface area contributed by atoms with Crippen LogP contribution in [0, 0.1) is 11.3 Å². The van der Waals surface area contributed by atoms with Gasteiger partial charge in [-0.1, -0.05) is 51.9 Å². The van der Waals surface area contributed by atoms with Crippen molar-refractivity contribution in [2.75, 3.05) is 13.2 Å². The third kappa shape index (κ3) is 4.84. The van der Waals surface area contributed by atoms with E-state index >= 15 is 0 Å². The van der Waals surface area contributed by atoms with E-state index in [-0.39, 0.29) is 5.54 Å². The number of rotatable bonds is 3. The minimum atomic E-state index is 0.0900. The van der Waals surface area contributed by atoms with E-state index in [0.29, 0.717) is 5.41 Å². The summed E-state index contributed by atoms with van der Waals surface area (Å²) in [5.41, 5.74) is 4.15. The molecule has 0 aromatic carbocycles.